The molecule has 67 heavy (non-hydrogen) atoms. The van der Waals surface area contributed by atoms with E-state index in [-0.39, 0.29) is 31.1 Å². The lowest BCUT2D eigenvalue weighted by molar-refractivity contribution is -0.167. The molecular weight excluding hydrogens is 829 g/mol. The van der Waals surface area contributed by atoms with Gasteiger partial charge in [-0.15, -0.1) is 0 Å². The number of hydrogen-bond donors (Lipinski definition) is 0. The van der Waals surface area contributed by atoms with Gasteiger partial charge in [0.2, 0.25) is 0 Å². The van der Waals surface area contributed by atoms with Crippen molar-refractivity contribution in [2.45, 2.75) is 361 Å². The Morgan fingerprint density at radius 3 is 0.597 bits per heavy atom. The van der Waals surface area contributed by atoms with Gasteiger partial charge in [-0.1, -0.05) is 316 Å². The SMILES string of the molecule is CCCCCCCCCCCCCCCCCCCCCCCC(=O)OCC(COC(=O)CCCCCCCCCCCCC)OC(=O)CCCCCCCCCCCCCCCCCCC. The molecule has 0 aliphatic rings. The first-order valence-corrected chi connectivity index (χ1v) is 30.5. The smallest absolute Gasteiger partial charge is 0.306 e. The van der Waals surface area contributed by atoms with Crippen LogP contribution in [0.1, 0.15) is 355 Å². The van der Waals surface area contributed by atoms with Crippen LogP contribution in [0.4, 0.5) is 0 Å². The Morgan fingerprint density at radius 2 is 0.403 bits per heavy atom. The molecule has 0 N–H and O–H groups in total. The summed E-state index contributed by atoms with van der Waals surface area (Å²) in [5.74, 6) is -0.830. The predicted octanol–water partition coefficient (Wildman–Crippen LogP) is 20.3. The molecule has 1 unspecified atom stereocenters. The minimum absolute atomic E-state index is 0.0609. The highest BCUT2D eigenvalue weighted by molar-refractivity contribution is 5.71. The van der Waals surface area contributed by atoms with Crippen molar-refractivity contribution in [1.82, 2.24) is 0 Å². The van der Waals surface area contributed by atoms with Gasteiger partial charge in [-0.2, -0.15) is 0 Å². The van der Waals surface area contributed by atoms with Crippen molar-refractivity contribution < 1.29 is 28.6 Å². The molecule has 0 aromatic rings. The molecule has 0 radical (unpaired) electrons. The zero-order valence-corrected chi connectivity index (χ0v) is 45.7. The van der Waals surface area contributed by atoms with Gasteiger partial charge >= 0.3 is 17.9 Å². The maximum Gasteiger partial charge on any atom is 0.306 e. The van der Waals surface area contributed by atoms with Crippen molar-refractivity contribution in [2.75, 3.05) is 13.2 Å². The topological polar surface area (TPSA) is 78.9 Å². The molecule has 0 saturated heterocycles. The van der Waals surface area contributed by atoms with Crippen LogP contribution in [0.15, 0.2) is 0 Å². The third-order valence-corrected chi connectivity index (χ3v) is 14.1. The zero-order chi connectivity index (χ0) is 48.6. The molecule has 0 heterocycles. The van der Waals surface area contributed by atoms with Gasteiger partial charge in [-0.05, 0) is 19.3 Å². The molecule has 0 bridgehead atoms. The van der Waals surface area contributed by atoms with Crippen LogP contribution < -0.4 is 0 Å². The lowest BCUT2D eigenvalue weighted by Crippen LogP contribution is -2.30. The Bertz CT molecular complexity index is 998. The summed E-state index contributed by atoms with van der Waals surface area (Å²) in [5.41, 5.74) is 0. The van der Waals surface area contributed by atoms with Gasteiger partial charge < -0.3 is 14.2 Å². The maximum atomic E-state index is 12.9. The van der Waals surface area contributed by atoms with Crippen LogP contribution in [-0.4, -0.2) is 37.2 Å². The third-order valence-electron chi connectivity index (χ3n) is 14.1. The van der Waals surface area contributed by atoms with Gasteiger partial charge in [0.1, 0.15) is 13.2 Å². The van der Waals surface area contributed by atoms with Crippen molar-refractivity contribution in [3.8, 4) is 0 Å². The first-order chi connectivity index (χ1) is 33.0. The number of unbranched alkanes of at least 4 members (excludes halogenated alkanes) is 46. The molecule has 0 fully saturated rings. The highest BCUT2D eigenvalue weighted by atomic mass is 16.6. The van der Waals surface area contributed by atoms with E-state index >= 15 is 0 Å². The molecule has 6 nitrogen and oxygen atoms in total. The number of carbonyl (C=O) groups excluding carboxylic acids is 3. The average molecular weight is 948 g/mol. The zero-order valence-electron chi connectivity index (χ0n) is 45.7. The summed E-state index contributed by atoms with van der Waals surface area (Å²) in [6.45, 7) is 6.71. The maximum absolute atomic E-state index is 12.9. The first kappa shape index (κ1) is 65.4. The fraction of sp³-hybridized carbons (Fsp3) is 0.951. The third kappa shape index (κ3) is 55.2. The van der Waals surface area contributed by atoms with Gasteiger partial charge in [0.25, 0.3) is 0 Å². The monoisotopic (exact) mass is 947 g/mol. The summed E-state index contributed by atoms with van der Waals surface area (Å²) in [6, 6.07) is 0. The van der Waals surface area contributed by atoms with E-state index in [0.717, 1.165) is 57.8 Å². The van der Waals surface area contributed by atoms with E-state index in [0.29, 0.717) is 19.3 Å². The van der Waals surface area contributed by atoms with Crippen LogP contribution in [0, 0.1) is 0 Å². The second-order valence-corrected chi connectivity index (χ2v) is 21.0. The highest BCUT2D eigenvalue weighted by Crippen LogP contribution is 2.18. The van der Waals surface area contributed by atoms with Gasteiger partial charge in [0.05, 0.1) is 0 Å². The predicted molar refractivity (Wildman–Crippen MR) is 289 cm³/mol. The molecule has 0 amide bonds. The first-order valence-electron chi connectivity index (χ1n) is 30.5. The average Bonchev–Trinajstić information content (AvgIpc) is 3.33. The summed E-state index contributed by atoms with van der Waals surface area (Å²) < 4.78 is 16.9. The van der Waals surface area contributed by atoms with E-state index in [2.05, 4.69) is 20.8 Å². The molecule has 0 spiro atoms. The van der Waals surface area contributed by atoms with Crippen LogP contribution in [0.25, 0.3) is 0 Å². The summed E-state index contributed by atoms with van der Waals surface area (Å²) in [5, 5.41) is 0. The number of carbonyl (C=O) groups is 3. The van der Waals surface area contributed by atoms with Crippen LogP contribution in [0.5, 0.6) is 0 Å². The van der Waals surface area contributed by atoms with Crippen LogP contribution in [-0.2, 0) is 28.6 Å². The van der Waals surface area contributed by atoms with E-state index < -0.39 is 6.10 Å². The van der Waals surface area contributed by atoms with E-state index in [1.807, 2.05) is 0 Å². The molecule has 1 atom stereocenters. The van der Waals surface area contributed by atoms with Crippen LogP contribution >= 0.6 is 0 Å². The van der Waals surface area contributed by atoms with Crippen LogP contribution in [0.3, 0.4) is 0 Å². The fourth-order valence-corrected chi connectivity index (χ4v) is 9.51. The molecule has 0 aliphatic carbocycles. The van der Waals surface area contributed by atoms with Crippen molar-refractivity contribution in [3.05, 3.63) is 0 Å². The Morgan fingerprint density at radius 1 is 0.239 bits per heavy atom. The molecule has 6 heteroatoms. The number of ether oxygens (including phenoxy) is 3. The number of esters is 3. The minimum Gasteiger partial charge on any atom is -0.462 e. The molecule has 0 aromatic heterocycles. The minimum atomic E-state index is -0.761. The van der Waals surface area contributed by atoms with Crippen molar-refractivity contribution in [3.63, 3.8) is 0 Å². The largest absolute Gasteiger partial charge is 0.462 e. The number of hydrogen-bond acceptors (Lipinski definition) is 6. The van der Waals surface area contributed by atoms with E-state index in [1.165, 1.54) is 257 Å². The Labute approximate surface area is 418 Å². The lowest BCUT2D eigenvalue weighted by Gasteiger charge is -2.18. The highest BCUT2D eigenvalue weighted by Gasteiger charge is 2.19. The Kier molecular flexibility index (Phi) is 55.6. The van der Waals surface area contributed by atoms with E-state index in [9.17, 15) is 14.4 Å². The second kappa shape index (κ2) is 57.0. The summed E-state index contributed by atoms with van der Waals surface area (Å²) in [6.07, 6.45) is 63.9. The molecule has 0 aromatic carbocycles. The van der Waals surface area contributed by atoms with Crippen molar-refractivity contribution in [1.29, 1.82) is 0 Å². The standard InChI is InChI=1S/C61H118O6/c1-4-7-10-13-16-19-22-24-26-28-29-30-31-33-34-36-39-42-45-48-51-54-60(63)66-57-58(56-65-59(62)53-50-47-44-41-38-21-18-15-12-9-6-3)67-61(64)55-52-49-46-43-40-37-35-32-27-25-23-20-17-14-11-8-5-2/h58H,4-57H2,1-3H3. The van der Waals surface area contributed by atoms with Gasteiger partial charge in [0.15, 0.2) is 6.10 Å². The number of rotatable bonds is 57. The van der Waals surface area contributed by atoms with Gasteiger partial charge in [-0.3, -0.25) is 14.4 Å². The van der Waals surface area contributed by atoms with Crippen molar-refractivity contribution >= 4 is 17.9 Å². The molecule has 0 saturated carbocycles. The van der Waals surface area contributed by atoms with Gasteiger partial charge in [-0.25, -0.2) is 0 Å². The molecule has 0 rings (SSSR count). The summed E-state index contributed by atoms with van der Waals surface area (Å²) in [4.78, 5) is 38.1. The van der Waals surface area contributed by atoms with Crippen LogP contribution in [0.2, 0.25) is 0 Å². The fourth-order valence-electron chi connectivity index (χ4n) is 9.51. The van der Waals surface area contributed by atoms with Crippen molar-refractivity contribution in [2.24, 2.45) is 0 Å². The molecular formula is C61H118O6. The van der Waals surface area contributed by atoms with E-state index in [1.54, 1.807) is 0 Å². The lowest BCUT2D eigenvalue weighted by atomic mass is 10.0. The quantitative estimate of drug-likeness (QED) is 0.0343. The second-order valence-electron chi connectivity index (χ2n) is 21.0. The van der Waals surface area contributed by atoms with E-state index in [4.69, 9.17) is 14.2 Å². The Balaban J connectivity index is 4.21. The molecule has 398 valence electrons. The normalized spacial score (nSPS) is 11.9. The Hall–Kier alpha value is -1.59. The summed E-state index contributed by atoms with van der Waals surface area (Å²) in [7, 11) is 0. The molecule has 0 aliphatic heterocycles. The van der Waals surface area contributed by atoms with Gasteiger partial charge in [0, 0.05) is 19.3 Å². The summed E-state index contributed by atoms with van der Waals surface area (Å²) >= 11 is 0.